The van der Waals surface area contributed by atoms with E-state index in [1.807, 2.05) is 12.1 Å². The second-order valence-corrected chi connectivity index (χ2v) is 4.36. The molecule has 1 aliphatic heterocycles. The van der Waals surface area contributed by atoms with Gasteiger partial charge in [-0.3, -0.25) is 0 Å². The summed E-state index contributed by atoms with van der Waals surface area (Å²) in [6, 6.07) is 9.79. The van der Waals surface area contributed by atoms with Gasteiger partial charge in [-0.05, 0) is 11.6 Å². The van der Waals surface area contributed by atoms with E-state index in [2.05, 4.69) is 22.1 Å². The molecule has 17 heavy (non-hydrogen) atoms. The van der Waals surface area contributed by atoms with Gasteiger partial charge in [0.2, 0.25) is 0 Å². The standard InChI is InChI=1S/C13H11ClN2O/c14-12-5-7-15-13(16-12)10-3-1-9(2-4-10)11-6-8-17-11/h1-5,7,11H,6,8H2. The van der Waals surface area contributed by atoms with Crippen molar-refractivity contribution < 1.29 is 4.74 Å². The molecule has 1 saturated heterocycles. The van der Waals surface area contributed by atoms with E-state index in [0.29, 0.717) is 11.0 Å². The molecule has 1 atom stereocenters. The average Bonchev–Trinajstić information content (AvgIpc) is 2.28. The highest BCUT2D eigenvalue weighted by Crippen LogP contribution is 2.30. The van der Waals surface area contributed by atoms with Gasteiger partial charge < -0.3 is 4.74 Å². The van der Waals surface area contributed by atoms with E-state index in [1.54, 1.807) is 12.3 Å². The molecule has 0 spiro atoms. The number of ether oxygens (including phenoxy) is 1. The lowest BCUT2D eigenvalue weighted by Gasteiger charge is -2.26. The number of hydrogen-bond donors (Lipinski definition) is 0. The normalized spacial score (nSPS) is 18.8. The summed E-state index contributed by atoms with van der Waals surface area (Å²) in [4.78, 5) is 8.37. The largest absolute Gasteiger partial charge is 0.373 e. The molecule has 86 valence electrons. The summed E-state index contributed by atoms with van der Waals surface area (Å²) in [6.45, 7) is 0.865. The van der Waals surface area contributed by atoms with Crippen molar-refractivity contribution in [2.45, 2.75) is 12.5 Å². The molecule has 1 fully saturated rings. The Hall–Kier alpha value is -1.45. The van der Waals surface area contributed by atoms with Crippen LogP contribution in [-0.2, 0) is 4.74 Å². The van der Waals surface area contributed by atoms with Gasteiger partial charge in [0.15, 0.2) is 5.82 Å². The lowest BCUT2D eigenvalue weighted by Crippen LogP contribution is -2.17. The van der Waals surface area contributed by atoms with Crippen LogP contribution in [0.25, 0.3) is 11.4 Å². The minimum atomic E-state index is 0.268. The maximum atomic E-state index is 5.84. The molecule has 0 aliphatic carbocycles. The first kappa shape index (κ1) is 10.7. The third-order valence-corrected chi connectivity index (χ3v) is 3.07. The van der Waals surface area contributed by atoms with E-state index in [4.69, 9.17) is 16.3 Å². The number of benzene rings is 1. The highest BCUT2D eigenvalue weighted by atomic mass is 35.5. The fourth-order valence-electron chi connectivity index (χ4n) is 1.82. The molecule has 1 aromatic carbocycles. The zero-order valence-electron chi connectivity index (χ0n) is 9.14. The van der Waals surface area contributed by atoms with Gasteiger partial charge in [0.25, 0.3) is 0 Å². The van der Waals surface area contributed by atoms with Gasteiger partial charge in [-0.15, -0.1) is 0 Å². The van der Waals surface area contributed by atoms with Gasteiger partial charge in [0.1, 0.15) is 5.15 Å². The van der Waals surface area contributed by atoms with Crippen molar-refractivity contribution >= 4 is 11.6 Å². The first-order valence-electron chi connectivity index (χ1n) is 5.53. The predicted octanol–water partition coefficient (Wildman–Crippen LogP) is 3.26. The van der Waals surface area contributed by atoms with Crippen molar-refractivity contribution in [3.63, 3.8) is 0 Å². The van der Waals surface area contributed by atoms with Crippen LogP contribution in [0.3, 0.4) is 0 Å². The third-order valence-electron chi connectivity index (χ3n) is 2.86. The van der Waals surface area contributed by atoms with Crippen molar-refractivity contribution in [3.8, 4) is 11.4 Å². The Morgan fingerprint density at radius 2 is 1.94 bits per heavy atom. The Morgan fingerprint density at radius 3 is 2.53 bits per heavy atom. The third kappa shape index (κ3) is 2.16. The van der Waals surface area contributed by atoms with E-state index in [1.165, 1.54) is 5.56 Å². The second-order valence-electron chi connectivity index (χ2n) is 3.97. The molecule has 3 rings (SSSR count). The zero-order valence-corrected chi connectivity index (χ0v) is 9.89. The van der Waals surface area contributed by atoms with Crippen LogP contribution < -0.4 is 0 Å². The lowest BCUT2D eigenvalue weighted by molar-refractivity contribution is -0.0527. The zero-order chi connectivity index (χ0) is 11.7. The Morgan fingerprint density at radius 1 is 1.18 bits per heavy atom. The first-order valence-corrected chi connectivity index (χ1v) is 5.91. The van der Waals surface area contributed by atoms with E-state index in [-0.39, 0.29) is 6.10 Å². The molecule has 0 amide bonds. The molecule has 0 N–H and O–H groups in total. The van der Waals surface area contributed by atoms with Crippen LogP contribution in [0.2, 0.25) is 5.15 Å². The highest BCUT2D eigenvalue weighted by Gasteiger charge is 2.19. The number of nitrogens with zero attached hydrogens (tertiary/aromatic N) is 2. The van der Waals surface area contributed by atoms with Crippen LogP contribution in [0.5, 0.6) is 0 Å². The summed E-state index contributed by atoms with van der Waals surface area (Å²) < 4.78 is 5.43. The summed E-state index contributed by atoms with van der Waals surface area (Å²) in [5.74, 6) is 0.651. The van der Waals surface area contributed by atoms with E-state index >= 15 is 0 Å². The summed E-state index contributed by atoms with van der Waals surface area (Å²) in [5.41, 5.74) is 2.18. The fraction of sp³-hybridized carbons (Fsp3) is 0.231. The molecule has 1 unspecified atom stereocenters. The maximum absolute atomic E-state index is 5.84. The molecule has 0 bridgehead atoms. The molecule has 0 saturated carbocycles. The summed E-state index contributed by atoms with van der Waals surface area (Å²) in [7, 11) is 0. The molecular formula is C13H11ClN2O. The minimum absolute atomic E-state index is 0.268. The second kappa shape index (κ2) is 4.43. The molecule has 4 heteroatoms. The minimum Gasteiger partial charge on any atom is -0.373 e. The van der Waals surface area contributed by atoms with Crippen LogP contribution in [0.1, 0.15) is 18.1 Å². The molecular weight excluding hydrogens is 236 g/mol. The SMILES string of the molecule is Clc1ccnc(-c2ccc(C3CCO3)cc2)n1. The molecule has 1 aromatic heterocycles. The van der Waals surface area contributed by atoms with E-state index in [9.17, 15) is 0 Å². The molecule has 3 nitrogen and oxygen atoms in total. The summed E-state index contributed by atoms with van der Waals surface area (Å²) in [5, 5.41) is 0.460. The van der Waals surface area contributed by atoms with E-state index in [0.717, 1.165) is 18.6 Å². The number of aromatic nitrogens is 2. The Balaban J connectivity index is 1.88. The predicted molar refractivity (Wildman–Crippen MR) is 65.8 cm³/mol. The van der Waals surface area contributed by atoms with Crippen LogP contribution in [0, 0.1) is 0 Å². The van der Waals surface area contributed by atoms with Crippen molar-refractivity contribution in [1.82, 2.24) is 9.97 Å². The van der Waals surface area contributed by atoms with Crippen molar-refractivity contribution in [2.24, 2.45) is 0 Å². The van der Waals surface area contributed by atoms with Gasteiger partial charge in [-0.1, -0.05) is 35.9 Å². The summed E-state index contributed by atoms with van der Waals surface area (Å²) >= 11 is 5.84. The van der Waals surface area contributed by atoms with Crippen LogP contribution >= 0.6 is 11.6 Å². The lowest BCUT2D eigenvalue weighted by atomic mass is 10.0. The Labute approximate surface area is 104 Å². The molecule has 2 heterocycles. The van der Waals surface area contributed by atoms with Crippen LogP contribution in [0.4, 0.5) is 0 Å². The van der Waals surface area contributed by atoms with Gasteiger partial charge in [0, 0.05) is 18.2 Å². The van der Waals surface area contributed by atoms with Gasteiger partial charge in [-0.25, -0.2) is 9.97 Å². The number of halogens is 1. The molecule has 0 radical (unpaired) electrons. The van der Waals surface area contributed by atoms with Crippen LogP contribution in [0.15, 0.2) is 36.5 Å². The first-order chi connectivity index (χ1) is 8.33. The summed E-state index contributed by atoms with van der Waals surface area (Å²) in [6.07, 6.45) is 3.03. The smallest absolute Gasteiger partial charge is 0.160 e. The average molecular weight is 247 g/mol. The molecule has 2 aromatic rings. The van der Waals surface area contributed by atoms with Crippen molar-refractivity contribution in [1.29, 1.82) is 0 Å². The fourth-order valence-corrected chi connectivity index (χ4v) is 1.96. The van der Waals surface area contributed by atoms with Crippen molar-refractivity contribution in [3.05, 3.63) is 47.2 Å². The maximum Gasteiger partial charge on any atom is 0.160 e. The van der Waals surface area contributed by atoms with E-state index < -0.39 is 0 Å². The quantitative estimate of drug-likeness (QED) is 0.763. The van der Waals surface area contributed by atoms with Gasteiger partial charge in [-0.2, -0.15) is 0 Å². The van der Waals surface area contributed by atoms with Crippen molar-refractivity contribution in [2.75, 3.05) is 6.61 Å². The Kier molecular flexibility index (Phi) is 2.79. The number of rotatable bonds is 2. The number of hydrogen-bond acceptors (Lipinski definition) is 3. The van der Waals surface area contributed by atoms with Gasteiger partial charge in [0.05, 0.1) is 12.7 Å². The Bertz CT molecular complexity index is 523. The topological polar surface area (TPSA) is 35.0 Å². The highest BCUT2D eigenvalue weighted by molar-refractivity contribution is 6.29. The van der Waals surface area contributed by atoms with Gasteiger partial charge >= 0.3 is 0 Å². The van der Waals surface area contributed by atoms with Crippen LogP contribution in [-0.4, -0.2) is 16.6 Å². The molecule has 1 aliphatic rings. The monoisotopic (exact) mass is 246 g/mol.